The molecule has 1 aromatic heterocycles. The van der Waals surface area contributed by atoms with Crippen LogP contribution in [0.15, 0.2) is 40.2 Å². The molecule has 1 aliphatic rings. The summed E-state index contributed by atoms with van der Waals surface area (Å²) >= 11 is 5.28. The molecule has 2 aromatic carbocycles. The quantitative estimate of drug-likeness (QED) is 0.561. The lowest BCUT2D eigenvalue weighted by Crippen LogP contribution is -2.08. The van der Waals surface area contributed by atoms with Crippen molar-refractivity contribution in [2.24, 2.45) is 0 Å². The number of ether oxygens (including phenoxy) is 1. The molecule has 22 heavy (non-hydrogen) atoms. The van der Waals surface area contributed by atoms with Crippen molar-refractivity contribution in [1.82, 2.24) is 4.98 Å². The number of methoxy groups -OCH3 is 1. The lowest BCUT2D eigenvalue weighted by molar-refractivity contribution is 0.413. The molecule has 4 heteroatoms. The molecule has 0 amide bonds. The van der Waals surface area contributed by atoms with Gasteiger partial charge in [-0.25, -0.2) is 4.98 Å². The van der Waals surface area contributed by atoms with Gasteiger partial charge in [0.1, 0.15) is 10.8 Å². The van der Waals surface area contributed by atoms with Crippen LogP contribution in [0.25, 0.3) is 21.3 Å². The monoisotopic (exact) mass is 373 g/mol. The van der Waals surface area contributed by atoms with Crippen LogP contribution in [0.3, 0.4) is 0 Å². The number of fused-ring (bicyclic) bond motifs is 1. The van der Waals surface area contributed by atoms with Crippen LogP contribution in [0.5, 0.6) is 5.75 Å². The maximum atomic E-state index is 5.58. The molecule has 0 aliphatic heterocycles. The average molecular weight is 374 g/mol. The summed E-state index contributed by atoms with van der Waals surface area (Å²) in [5.41, 5.74) is 2.40. The van der Waals surface area contributed by atoms with E-state index >= 15 is 0 Å². The third kappa shape index (κ3) is 2.44. The fourth-order valence-corrected chi connectivity index (χ4v) is 4.18. The van der Waals surface area contributed by atoms with Crippen LogP contribution in [0.2, 0.25) is 0 Å². The first-order chi connectivity index (χ1) is 10.7. The van der Waals surface area contributed by atoms with Gasteiger partial charge in [-0.05, 0) is 48.6 Å². The van der Waals surface area contributed by atoms with Gasteiger partial charge in [0, 0.05) is 26.7 Å². The Morgan fingerprint density at radius 3 is 2.82 bits per heavy atom. The third-order valence-corrected chi connectivity index (χ3v) is 5.79. The first-order valence-corrected chi connectivity index (χ1v) is 9.15. The first-order valence-electron chi connectivity index (χ1n) is 7.47. The van der Waals surface area contributed by atoms with Crippen LogP contribution in [-0.2, 0) is 0 Å². The summed E-state index contributed by atoms with van der Waals surface area (Å²) in [6.07, 6.45) is 3.92. The molecule has 0 spiro atoms. The first kappa shape index (κ1) is 14.2. The smallest absolute Gasteiger partial charge is 0.127 e. The molecule has 0 atom stereocenters. The number of hydrogen-bond acceptors (Lipinski definition) is 3. The number of aromatic nitrogens is 1. The third-order valence-electron chi connectivity index (χ3n) is 4.39. The van der Waals surface area contributed by atoms with Crippen LogP contribution in [-0.4, -0.2) is 12.1 Å². The Kier molecular flexibility index (Phi) is 3.66. The fourth-order valence-electron chi connectivity index (χ4n) is 2.91. The number of benzene rings is 2. The van der Waals surface area contributed by atoms with Gasteiger partial charge in [0.25, 0.3) is 0 Å². The van der Waals surface area contributed by atoms with Gasteiger partial charge in [0.2, 0.25) is 0 Å². The zero-order chi connectivity index (χ0) is 15.1. The SMILES string of the molecule is COc1cc(-c2nc(C3CCC3)cs2)cc2cc(Br)ccc12. The molecule has 3 aromatic rings. The minimum atomic E-state index is 0.682. The second-order valence-corrected chi connectivity index (χ2v) is 7.52. The molecular weight excluding hydrogens is 358 g/mol. The second-order valence-electron chi connectivity index (χ2n) is 5.75. The van der Waals surface area contributed by atoms with E-state index in [9.17, 15) is 0 Å². The van der Waals surface area contributed by atoms with Crippen LogP contribution in [0.4, 0.5) is 0 Å². The van der Waals surface area contributed by atoms with E-state index in [4.69, 9.17) is 9.72 Å². The van der Waals surface area contributed by atoms with Crippen molar-refractivity contribution in [2.75, 3.05) is 7.11 Å². The molecule has 0 bridgehead atoms. The van der Waals surface area contributed by atoms with Gasteiger partial charge in [-0.3, -0.25) is 0 Å². The number of rotatable bonds is 3. The average Bonchev–Trinajstić information content (AvgIpc) is 2.93. The number of halogens is 1. The summed E-state index contributed by atoms with van der Waals surface area (Å²) in [5, 5.41) is 5.60. The Bertz CT molecular complexity index is 838. The van der Waals surface area contributed by atoms with Crippen LogP contribution < -0.4 is 4.74 Å². The van der Waals surface area contributed by atoms with Gasteiger partial charge >= 0.3 is 0 Å². The molecule has 0 saturated heterocycles. The molecule has 1 saturated carbocycles. The van der Waals surface area contributed by atoms with E-state index in [0.717, 1.165) is 26.2 Å². The van der Waals surface area contributed by atoms with Crippen molar-refractivity contribution < 1.29 is 4.74 Å². The molecule has 2 nitrogen and oxygen atoms in total. The van der Waals surface area contributed by atoms with Gasteiger partial charge in [0.15, 0.2) is 0 Å². The molecule has 112 valence electrons. The Morgan fingerprint density at radius 2 is 2.09 bits per heavy atom. The minimum absolute atomic E-state index is 0.682. The maximum absolute atomic E-state index is 5.58. The van der Waals surface area contributed by atoms with E-state index in [2.05, 4.69) is 45.6 Å². The Morgan fingerprint density at radius 1 is 1.23 bits per heavy atom. The number of nitrogens with zero attached hydrogens (tertiary/aromatic N) is 1. The van der Waals surface area contributed by atoms with Crippen LogP contribution in [0.1, 0.15) is 30.9 Å². The maximum Gasteiger partial charge on any atom is 0.127 e. The highest BCUT2D eigenvalue weighted by Crippen LogP contribution is 2.40. The second kappa shape index (κ2) is 5.67. The predicted octanol–water partition coefficient (Wildman–Crippen LogP) is 6.00. The summed E-state index contributed by atoms with van der Waals surface area (Å²) in [7, 11) is 1.72. The number of hydrogen-bond donors (Lipinski definition) is 0. The zero-order valence-corrected chi connectivity index (χ0v) is 14.7. The molecule has 0 unspecified atom stereocenters. The van der Waals surface area contributed by atoms with Crippen molar-refractivity contribution >= 4 is 38.0 Å². The summed E-state index contributed by atoms with van der Waals surface area (Å²) in [6, 6.07) is 10.6. The van der Waals surface area contributed by atoms with Crippen LogP contribution in [0, 0.1) is 0 Å². The van der Waals surface area contributed by atoms with Gasteiger partial charge < -0.3 is 4.74 Å². The van der Waals surface area contributed by atoms with E-state index in [1.807, 2.05) is 6.07 Å². The van der Waals surface area contributed by atoms with Crippen LogP contribution >= 0.6 is 27.3 Å². The largest absolute Gasteiger partial charge is 0.496 e. The highest BCUT2D eigenvalue weighted by Gasteiger charge is 2.22. The Hall–Kier alpha value is -1.39. The summed E-state index contributed by atoms with van der Waals surface area (Å²) in [4.78, 5) is 4.86. The normalized spacial score (nSPS) is 15.0. The Labute approximate surface area is 142 Å². The molecule has 0 N–H and O–H groups in total. The Balaban J connectivity index is 1.81. The summed E-state index contributed by atoms with van der Waals surface area (Å²) < 4.78 is 6.65. The minimum Gasteiger partial charge on any atom is -0.496 e. The topological polar surface area (TPSA) is 22.1 Å². The molecule has 4 rings (SSSR count). The van der Waals surface area contributed by atoms with Crippen molar-refractivity contribution in [2.45, 2.75) is 25.2 Å². The molecule has 0 radical (unpaired) electrons. The van der Waals surface area contributed by atoms with Crippen molar-refractivity contribution in [1.29, 1.82) is 0 Å². The van der Waals surface area contributed by atoms with E-state index in [1.165, 1.54) is 30.3 Å². The van der Waals surface area contributed by atoms with Gasteiger partial charge in [0.05, 0.1) is 12.8 Å². The predicted molar refractivity (Wildman–Crippen MR) is 95.9 cm³/mol. The molecular formula is C18H16BrNOS. The summed E-state index contributed by atoms with van der Waals surface area (Å²) in [5.74, 6) is 1.59. The highest BCUT2D eigenvalue weighted by molar-refractivity contribution is 9.10. The van der Waals surface area contributed by atoms with Crippen molar-refractivity contribution in [3.05, 3.63) is 45.9 Å². The van der Waals surface area contributed by atoms with E-state index < -0.39 is 0 Å². The lowest BCUT2D eigenvalue weighted by Gasteiger charge is -2.23. The molecule has 1 fully saturated rings. The zero-order valence-electron chi connectivity index (χ0n) is 12.3. The summed E-state index contributed by atoms with van der Waals surface area (Å²) in [6.45, 7) is 0. The van der Waals surface area contributed by atoms with Gasteiger partial charge in [-0.1, -0.05) is 22.4 Å². The van der Waals surface area contributed by atoms with Gasteiger partial charge in [-0.2, -0.15) is 0 Å². The van der Waals surface area contributed by atoms with Crippen molar-refractivity contribution in [3.8, 4) is 16.3 Å². The van der Waals surface area contributed by atoms with E-state index in [0.29, 0.717) is 5.92 Å². The molecule has 1 heterocycles. The number of thiazole rings is 1. The van der Waals surface area contributed by atoms with E-state index in [-0.39, 0.29) is 0 Å². The standard InChI is InChI=1S/C18H16BrNOS/c1-21-17-9-13(7-12-8-14(19)5-6-15(12)17)18-20-16(10-22-18)11-3-2-4-11/h5-11H,2-4H2,1H3. The van der Waals surface area contributed by atoms with Gasteiger partial charge in [-0.15, -0.1) is 11.3 Å². The lowest BCUT2D eigenvalue weighted by atomic mass is 9.83. The highest BCUT2D eigenvalue weighted by atomic mass is 79.9. The van der Waals surface area contributed by atoms with Crippen molar-refractivity contribution in [3.63, 3.8) is 0 Å². The fraction of sp³-hybridized carbons (Fsp3) is 0.278. The van der Waals surface area contributed by atoms with E-state index in [1.54, 1.807) is 18.4 Å². The molecule has 1 aliphatic carbocycles.